The van der Waals surface area contributed by atoms with E-state index in [1.54, 1.807) is 11.0 Å². The van der Waals surface area contributed by atoms with Crippen LogP contribution in [0.25, 0.3) is 0 Å². The number of piperazine rings is 1. The third-order valence-electron chi connectivity index (χ3n) is 5.81. The zero-order valence-electron chi connectivity index (χ0n) is 21.5. The van der Waals surface area contributed by atoms with Gasteiger partial charge in [-0.3, -0.25) is 0 Å². The van der Waals surface area contributed by atoms with E-state index in [0.717, 1.165) is 19.4 Å². The van der Waals surface area contributed by atoms with Gasteiger partial charge in [-0.2, -0.15) is 9.97 Å². The fourth-order valence-corrected chi connectivity index (χ4v) is 3.70. The van der Waals surface area contributed by atoms with E-state index in [0.29, 0.717) is 31.4 Å². The highest BCUT2D eigenvalue weighted by molar-refractivity contribution is 5.95. The Morgan fingerprint density at radius 2 is 2.06 bits per heavy atom. The molecule has 3 atom stereocenters. The molecule has 4 N–H and O–H groups in total. The number of carbonyl (C=O) groups excluding carboxylic acids is 1. The highest BCUT2D eigenvalue weighted by Crippen LogP contribution is 2.24. The second-order valence-corrected chi connectivity index (χ2v) is 9.89. The van der Waals surface area contributed by atoms with E-state index < -0.39 is 5.60 Å². The second kappa shape index (κ2) is 12.0. The van der Waals surface area contributed by atoms with Gasteiger partial charge in [-0.15, -0.1) is 0 Å². The van der Waals surface area contributed by atoms with Gasteiger partial charge in [-0.25, -0.2) is 4.79 Å². The summed E-state index contributed by atoms with van der Waals surface area (Å²) in [7, 11) is 1.94. The summed E-state index contributed by atoms with van der Waals surface area (Å²) in [4.78, 5) is 25.2. The number of rotatable bonds is 9. The summed E-state index contributed by atoms with van der Waals surface area (Å²) >= 11 is 0. The van der Waals surface area contributed by atoms with Crippen LogP contribution in [0.5, 0.6) is 6.01 Å². The van der Waals surface area contributed by atoms with Crippen molar-refractivity contribution in [2.45, 2.75) is 72.1 Å². The lowest BCUT2D eigenvalue weighted by atomic mass is 10.0. The minimum absolute atomic E-state index is 0.0398. The summed E-state index contributed by atoms with van der Waals surface area (Å²) in [5.74, 6) is 0.769. The number of nitrogens with one attached hydrogen (secondary N) is 1. The Balaban J connectivity index is 2.19. The number of ether oxygens (including phenoxy) is 2. The van der Waals surface area contributed by atoms with E-state index in [1.165, 1.54) is 0 Å². The van der Waals surface area contributed by atoms with Crippen molar-refractivity contribution in [2.75, 3.05) is 38.1 Å². The zero-order valence-corrected chi connectivity index (χ0v) is 21.5. The number of amidine groups is 1. The van der Waals surface area contributed by atoms with Crippen molar-refractivity contribution < 1.29 is 19.5 Å². The summed E-state index contributed by atoms with van der Waals surface area (Å²) in [6.45, 7) is 14.1. The van der Waals surface area contributed by atoms with Gasteiger partial charge in [0.05, 0.1) is 0 Å². The van der Waals surface area contributed by atoms with E-state index in [1.807, 2.05) is 41.7 Å². The van der Waals surface area contributed by atoms with Gasteiger partial charge in [0.2, 0.25) is 0 Å². The fourth-order valence-electron chi connectivity index (χ4n) is 3.70. The van der Waals surface area contributed by atoms with Gasteiger partial charge >= 0.3 is 12.1 Å². The molecule has 11 heteroatoms. The minimum atomic E-state index is -0.548. The molecule has 0 bridgehead atoms. The fraction of sp³-hybridized carbons (Fsp3) is 0.739. The molecule has 0 spiro atoms. The second-order valence-electron chi connectivity index (χ2n) is 9.89. The van der Waals surface area contributed by atoms with Crippen LogP contribution in [0.4, 0.5) is 10.6 Å². The van der Waals surface area contributed by atoms with Crippen LogP contribution in [-0.4, -0.2) is 83.0 Å². The first-order chi connectivity index (χ1) is 15.9. The lowest BCUT2D eigenvalue weighted by molar-refractivity contribution is 0.0218. The average Bonchev–Trinajstić information content (AvgIpc) is 2.77. The van der Waals surface area contributed by atoms with Crippen LogP contribution < -0.4 is 20.7 Å². The van der Waals surface area contributed by atoms with Gasteiger partial charge in [0.25, 0.3) is 0 Å². The van der Waals surface area contributed by atoms with Crippen LogP contribution in [0.2, 0.25) is 0 Å². The summed E-state index contributed by atoms with van der Waals surface area (Å²) < 4.78 is 11.6. The van der Waals surface area contributed by atoms with Crippen molar-refractivity contribution in [3.63, 3.8) is 0 Å². The SMILES string of the molecule is CNCCC[C@H](C)[C@H](C)Oc1nc(/C(N)=N/O)cc(N2CCN(C(=O)OC(C)(C)C)C[C@@H]2C)n1. The highest BCUT2D eigenvalue weighted by atomic mass is 16.6. The Bertz CT molecular complexity index is 843. The molecule has 2 rings (SSSR count). The van der Waals surface area contributed by atoms with Crippen LogP contribution in [0.1, 0.15) is 60.1 Å². The molecule has 192 valence electrons. The third kappa shape index (κ3) is 7.89. The van der Waals surface area contributed by atoms with Crippen LogP contribution in [0.15, 0.2) is 11.2 Å². The molecule has 1 aliphatic heterocycles. The molecular formula is C23H41N7O4. The Hall–Kier alpha value is -2.82. The molecule has 1 aromatic heterocycles. The molecule has 0 aromatic carbocycles. The maximum atomic E-state index is 12.5. The number of oxime groups is 1. The van der Waals surface area contributed by atoms with Crippen molar-refractivity contribution in [3.8, 4) is 6.01 Å². The molecule has 1 fully saturated rings. The number of nitrogens with zero attached hydrogens (tertiary/aromatic N) is 5. The van der Waals surface area contributed by atoms with Gasteiger partial charge < -0.3 is 35.5 Å². The average molecular weight is 480 g/mol. The van der Waals surface area contributed by atoms with Crippen LogP contribution in [-0.2, 0) is 4.74 Å². The molecule has 11 nitrogen and oxygen atoms in total. The lowest BCUT2D eigenvalue weighted by Gasteiger charge is -2.40. The molecule has 1 aromatic rings. The predicted molar refractivity (Wildman–Crippen MR) is 132 cm³/mol. The predicted octanol–water partition coefficient (Wildman–Crippen LogP) is 2.42. The smallest absolute Gasteiger partial charge is 0.410 e. The molecule has 1 saturated heterocycles. The minimum Gasteiger partial charge on any atom is -0.460 e. The first-order valence-corrected chi connectivity index (χ1v) is 11.9. The Morgan fingerprint density at radius 1 is 1.35 bits per heavy atom. The third-order valence-corrected chi connectivity index (χ3v) is 5.81. The summed E-state index contributed by atoms with van der Waals surface area (Å²) in [6.07, 6.45) is 1.59. The number of hydrogen-bond donors (Lipinski definition) is 3. The van der Waals surface area contributed by atoms with Gasteiger partial charge in [-0.1, -0.05) is 12.1 Å². The van der Waals surface area contributed by atoms with Crippen LogP contribution >= 0.6 is 0 Å². The number of anilines is 1. The van der Waals surface area contributed by atoms with E-state index in [4.69, 9.17) is 15.2 Å². The van der Waals surface area contributed by atoms with Crippen molar-refractivity contribution in [3.05, 3.63) is 11.8 Å². The Kier molecular flexibility index (Phi) is 9.72. The normalized spacial score (nSPS) is 19.0. The van der Waals surface area contributed by atoms with Crippen molar-refractivity contribution in [1.29, 1.82) is 0 Å². The summed E-state index contributed by atoms with van der Waals surface area (Å²) in [6, 6.07) is 1.80. The molecular weight excluding hydrogens is 438 g/mol. The van der Waals surface area contributed by atoms with Crippen molar-refractivity contribution in [2.24, 2.45) is 16.8 Å². The lowest BCUT2D eigenvalue weighted by Crippen LogP contribution is -2.54. The molecule has 1 amide bonds. The van der Waals surface area contributed by atoms with Crippen molar-refractivity contribution in [1.82, 2.24) is 20.2 Å². The van der Waals surface area contributed by atoms with Gasteiger partial charge in [0.1, 0.15) is 23.2 Å². The molecule has 0 saturated carbocycles. The maximum Gasteiger partial charge on any atom is 0.410 e. The van der Waals surface area contributed by atoms with Gasteiger partial charge in [0.15, 0.2) is 5.84 Å². The first-order valence-electron chi connectivity index (χ1n) is 11.9. The largest absolute Gasteiger partial charge is 0.460 e. The molecule has 1 aliphatic rings. The maximum absolute atomic E-state index is 12.5. The van der Waals surface area contributed by atoms with E-state index in [2.05, 4.69) is 32.3 Å². The van der Waals surface area contributed by atoms with Crippen molar-refractivity contribution >= 4 is 17.7 Å². The van der Waals surface area contributed by atoms with Crippen LogP contribution in [0.3, 0.4) is 0 Å². The number of aromatic nitrogens is 2. The highest BCUT2D eigenvalue weighted by Gasteiger charge is 2.31. The molecule has 0 unspecified atom stereocenters. The first kappa shape index (κ1) is 27.4. The van der Waals surface area contributed by atoms with E-state index >= 15 is 0 Å². The molecule has 0 radical (unpaired) electrons. The zero-order chi connectivity index (χ0) is 25.5. The number of carbonyl (C=O) groups is 1. The van der Waals surface area contributed by atoms with Gasteiger partial charge in [-0.05, 0) is 67.0 Å². The number of amides is 1. The summed E-state index contributed by atoms with van der Waals surface area (Å²) in [5.41, 5.74) is 5.58. The number of nitrogens with two attached hydrogens (primary N) is 1. The Morgan fingerprint density at radius 3 is 2.65 bits per heavy atom. The van der Waals surface area contributed by atoms with E-state index in [-0.39, 0.29) is 35.8 Å². The molecule has 34 heavy (non-hydrogen) atoms. The molecule has 0 aliphatic carbocycles. The quantitative estimate of drug-likeness (QED) is 0.160. The summed E-state index contributed by atoms with van der Waals surface area (Å²) in [5, 5.41) is 15.4. The van der Waals surface area contributed by atoms with Gasteiger partial charge in [0, 0.05) is 31.7 Å². The number of hydrogen-bond acceptors (Lipinski definition) is 9. The van der Waals surface area contributed by atoms with Crippen LogP contribution in [0, 0.1) is 5.92 Å². The van der Waals surface area contributed by atoms with E-state index in [9.17, 15) is 10.0 Å². The molecule has 2 heterocycles. The standard InChI is InChI=1S/C23H41N7O4/c1-15(9-8-10-25-7)17(3)33-21-26-18(20(24)28-32)13-19(27-21)30-12-11-29(14-16(30)2)22(31)34-23(4,5)6/h13,15-17,25,32H,8-12,14H2,1-7H3,(H2,24,28)/t15-,16-,17-/m0/s1. The monoisotopic (exact) mass is 479 g/mol. The Labute approximate surface area is 202 Å². The topological polar surface area (TPSA) is 138 Å².